The van der Waals surface area contributed by atoms with E-state index in [1.165, 1.54) is 6.07 Å². The van der Waals surface area contributed by atoms with Crippen molar-refractivity contribution in [1.82, 2.24) is 0 Å². The molecule has 1 atom stereocenters. The maximum absolute atomic E-state index is 10.7. The first-order valence-electron chi connectivity index (χ1n) is 5.44. The predicted molar refractivity (Wildman–Crippen MR) is 65.8 cm³/mol. The van der Waals surface area contributed by atoms with Gasteiger partial charge in [-0.25, -0.2) is 4.79 Å². The van der Waals surface area contributed by atoms with E-state index in [9.17, 15) is 4.79 Å². The summed E-state index contributed by atoms with van der Waals surface area (Å²) < 4.78 is 0. The van der Waals surface area contributed by atoms with Crippen molar-refractivity contribution in [2.45, 2.75) is 32.7 Å². The van der Waals surface area contributed by atoms with Crippen molar-refractivity contribution in [1.29, 1.82) is 0 Å². The third kappa shape index (κ3) is 3.15. The number of carboxylic acid groups (broad SMARTS) is 1. The topological polar surface area (TPSA) is 75.3 Å². The predicted octanol–water partition coefficient (Wildman–Crippen LogP) is 2.57. The largest absolute Gasteiger partial charge is 0.478 e. The fraction of sp³-hybridized carbons (Fsp3) is 0.417. The van der Waals surface area contributed by atoms with Crippen LogP contribution in [0.2, 0.25) is 0 Å². The normalized spacial score (nSPS) is 12.1. The van der Waals surface area contributed by atoms with Gasteiger partial charge >= 0.3 is 5.97 Å². The minimum absolute atomic E-state index is 0.214. The lowest BCUT2D eigenvalue weighted by Crippen LogP contribution is -2.15. The Morgan fingerprint density at radius 2 is 2.25 bits per heavy atom. The first-order chi connectivity index (χ1) is 7.54. The summed E-state index contributed by atoms with van der Waals surface area (Å²) >= 11 is 0. The number of carbonyl (C=O) groups is 1. The molecule has 0 aliphatic rings. The van der Waals surface area contributed by atoms with Crippen LogP contribution in [0.5, 0.6) is 0 Å². The number of hydrogen-bond acceptors (Lipinski definition) is 3. The highest BCUT2D eigenvalue weighted by Gasteiger charge is 2.07. The summed E-state index contributed by atoms with van der Waals surface area (Å²) in [7, 11) is 0. The molecule has 16 heavy (non-hydrogen) atoms. The molecule has 0 saturated heterocycles. The summed E-state index contributed by atoms with van der Waals surface area (Å²) in [5, 5.41) is 12.0. The Hall–Kier alpha value is -1.71. The Morgan fingerprint density at radius 3 is 2.75 bits per heavy atom. The Kier molecular flexibility index (Phi) is 4.17. The zero-order valence-electron chi connectivity index (χ0n) is 9.66. The smallest absolute Gasteiger partial charge is 0.335 e. The van der Waals surface area contributed by atoms with Gasteiger partial charge in [0.2, 0.25) is 0 Å². The molecule has 88 valence electrons. The van der Waals surface area contributed by atoms with Crippen LogP contribution in [0, 0.1) is 0 Å². The van der Waals surface area contributed by atoms with Crippen molar-refractivity contribution in [3.8, 4) is 0 Å². The molecule has 4 heteroatoms. The van der Waals surface area contributed by atoms with E-state index in [4.69, 9.17) is 10.8 Å². The molecule has 4 N–H and O–H groups in total. The fourth-order valence-corrected chi connectivity index (χ4v) is 1.60. The maximum atomic E-state index is 10.7. The van der Waals surface area contributed by atoms with E-state index < -0.39 is 5.97 Å². The molecule has 1 aromatic rings. The molecular weight excluding hydrogens is 204 g/mol. The van der Waals surface area contributed by atoms with Crippen LogP contribution in [0.3, 0.4) is 0 Å². The average molecular weight is 222 g/mol. The maximum Gasteiger partial charge on any atom is 0.335 e. The molecule has 0 radical (unpaired) electrons. The van der Waals surface area contributed by atoms with Gasteiger partial charge in [0.1, 0.15) is 0 Å². The number of aromatic carboxylic acids is 1. The summed E-state index contributed by atoms with van der Waals surface area (Å²) in [4.78, 5) is 10.7. The number of carboxylic acids is 1. The SMILES string of the molecule is CCC[C@H](C)Nc1ccc(C(=O)O)cc1N. The van der Waals surface area contributed by atoms with Crippen LogP contribution in [-0.2, 0) is 0 Å². The third-order valence-electron chi connectivity index (χ3n) is 2.42. The lowest BCUT2D eigenvalue weighted by molar-refractivity contribution is 0.0697. The lowest BCUT2D eigenvalue weighted by atomic mass is 10.1. The summed E-state index contributed by atoms with van der Waals surface area (Å²) in [6, 6.07) is 5.08. The van der Waals surface area contributed by atoms with E-state index in [1.54, 1.807) is 12.1 Å². The highest BCUT2D eigenvalue weighted by atomic mass is 16.4. The van der Waals surface area contributed by atoms with Gasteiger partial charge in [-0.2, -0.15) is 0 Å². The third-order valence-corrected chi connectivity index (χ3v) is 2.42. The molecular formula is C12H18N2O2. The number of hydrogen-bond donors (Lipinski definition) is 3. The molecule has 0 saturated carbocycles. The van der Waals surface area contributed by atoms with Crippen molar-refractivity contribution >= 4 is 17.3 Å². The summed E-state index contributed by atoms with van der Waals surface area (Å²) in [6.45, 7) is 4.20. The molecule has 0 spiro atoms. The second-order valence-electron chi connectivity index (χ2n) is 3.94. The Labute approximate surface area is 95.5 Å². The van der Waals surface area contributed by atoms with Crippen LogP contribution in [0.25, 0.3) is 0 Å². The van der Waals surface area contributed by atoms with Gasteiger partial charge < -0.3 is 16.2 Å². The van der Waals surface area contributed by atoms with E-state index in [2.05, 4.69) is 19.2 Å². The quantitative estimate of drug-likeness (QED) is 0.669. The molecule has 0 bridgehead atoms. The van der Waals surface area contributed by atoms with Gasteiger partial charge in [0.25, 0.3) is 0 Å². The van der Waals surface area contributed by atoms with Crippen LogP contribution in [-0.4, -0.2) is 17.1 Å². The van der Waals surface area contributed by atoms with Gasteiger partial charge in [-0.15, -0.1) is 0 Å². The van der Waals surface area contributed by atoms with Crippen molar-refractivity contribution in [2.75, 3.05) is 11.1 Å². The summed E-state index contributed by atoms with van der Waals surface area (Å²) in [5.41, 5.74) is 7.26. The van der Waals surface area contributed by atoms with E-state index in [0.29, 0.717) is 11.7 Å². The van der Waals surface area contributed by atoms with Gasteiger partial charge in [0.15, 0.2) is 0 Å². The second kappa shape index (κ2) is 5.39. The number of benzene rings is 1. The molecule has 0 fully saturated rings. The van der Waals surface area contributed by atoms with Gasteiger partial charge in [-0.3, -0.25) is 0 Å². The van der Waals surface area contributed by atoms with Crippen LogP contribution >= 0.6 is 0 Å². The zero-order valence-corrected chi connectivity index (χ0v) is 9.66. The van der Waals surface area contributed by atoms with Crippen molar-refractivity contribution in [2.24, 2.45) is 0 Å². The van der Waals surface area contributed by atoms with Crippen molar-refractivity contribution in [3.05, 3.63) is 23.8 Å². The number of nitrogens with one attached hydrogen (secondary N) is 1. The standard InChI is InChI=1S/C12H18N2O2/c1-3-4-8(2)14-11-6-5-9(12(15)16)7-10(11)13/h5-8,14H,3-4,13H2,1-2H3,(H,15,16)/t8-/m0/s1. The summed E-state index contributed by atoms with van der Waals surface area (Å²) in [5.74, 6) is -0.958. The number of nitrogens with two attached hydrogens (primary N) is 1. The molecule has 0 amide bonds. The van der Waals surface area contributed by atoms with E-state index in [1.807, 2.05) is 0 Å². The van der Waals surface area contributed by atoms with Crippen LogP contribution in [0.1, 0.15) is 37.0 Å². The molecule has 0 unspecified atom stereocenters. The van der Waals surface area contributed by atoms with E-state index >= 15 is 0 Å². The Balaban J connectivity index is 2.79. The minimum Gasteiger partial charge on any atom is -0.478 e. The summed E-state index contributed by atoms with van der Waals surface area (Å²) in [6.07, 6.45) is 2.15. The molecule has 0 heterocycles. The molecule has 1 aromatic carbocycles. The Bertz CT molecular complexity index is 377. The van der Waals surface area contributed by atoms with E-state index in [-0.39, 0.29) is 5.56 Å². The van der Waals surface area contributed by atoms with Crippen LogP contribution in [0.15, 0.2) is 18.2 Å². The highest BCUT2D eigenvalue weighted by Crippen LogP contribution is 2.21. The molecule has 1 rings (SSSR count). The lowest BCUT2D eigenvalue weighted by Gasteiger charge is -2.16. The van der Waals surface area contributed by atoms with Gasteiger partial charge in [0, 0.05) is 6.04 Å². The van der Waals surface area contributed by atoms with Gasteiger partial charge in [0.05, 0.1) is 16.9 Å². The van der Waals surface area contributed by atoms with Crippen LogP contribution in [0.4, 0.5) is 11.4 Å². The van der Waals surface area contributed by atoms with Crippen LogP contribution < -0.4 is 11.1 Å². The van der Waals surface area contributed by atoms with Gasteiger partial charge in [-0.1, -0.05) is 13.3 Å². The molecule has 0 aliphatic heterocycles. The molecule has 0 aliphatic carbocycles. The molecule has 4 nitrogen and oxygen atoms in total. The Morgan fingerprint density at radius 1 is 1.56 bits per heavy atom. The first kappa shape index (κ1) is 12.4. The second-order valence-corrected chi connectivity index (χ2v) is 3.94. The monoisotopic (exact) mass is 222 g/mol. The molecule has 0 aromatic heterocycles. The fourth-order valence-electron chi connectivity index (χ4n) is 1.60. The van der Waals surface area contributed by atoms with Crippen molar-refractivity contribution < 1.29 is 9.90 Å². The van der Waals surface area contributed by atoms with E-state index in [0.717, 1.165) is 18.5 Å². The van der Waals surface area contributed by atoms with Crippen molar-refractivity contribution in [3.63, 3.8) is 0 Å². The van der Waals surface area contributed by atoms with Gasteiger partial charge in [-0.05, 0) is 31.5 Å². The number of rotatable bonds is 5. The first-order valence-corrected chi connectivity index (χ1v) is 5.44. The zero-order chi connectivity index (χ0) is 12.1. The number of nitrogen functional groups attached to an aromatic ring is 1. The highest BCUT2D eigenvalue weighted by molar-refractivity contribution is 5.90. The minimum atomic E-state index is -0.958. The average Bonchev–Trinajstić information content (AvgIpc) is 2.21. The number of anilines is 2.